The molecule has 3 saturated heterocycles. The Kier molecular flexibility index (Phi) is 6.75. The van der Waals surface area contributed by atoms with Gasteiger partial charge in [-0.3, -0.25) is 0 Å². The van der Waals surface area contributed by atoms with Crippen LogP contribution in [-0.2, 0) is 24.5 Å². The molecule has 0 spiro atoms. The number of hydrogen-bond acceptors (Lipinski definition) is 7. The number of anilines is 1. The number of carbonyl (C=O) groups is 1. The highest BCUT2D eigenvalue weighted by molar-refractivity contribution is 5.80. The van der Waals surface area contributed by atoms with Crippen molar-refractivity contribution in [1.29, 1.82) is 0 Å². The highest BCUT2D eigenvalue weighted by atomic mass is 16.6. The first-order valence-electron chi connectivity index (χ1n) is 13.2. The summed E-state index contributed by atoms with van der Waals surface area (Å²) >= 11 is 0. The van der Waals surface area contributed by atoms with Gasteiger partial charge in [0.15, 0.2) is 6.10 Å². The van der Waals surface area contributed by atoms with Gasteiger partial charge >= 0.3 is 6.09 Å². The summed E-state index contributed by atoms with van der Waals surface area (Å²) in [4.78, 5) is 16.5. The van der Waals surface area contributed by atoms with Gasteiger partial charge in [-0.1, -0.05) is 24.3 Å². The number of ether oxygens (including phenoxy) is 4. The van der Waals surface area contributed by atoms with Crippen molar-refractivity contribution in [2.45, 2.75) is 31.5 Å². The highest BCUT2D eigenvalue weighted by Crippen LogP contribution is 2.37. The molecule has 3 aromatic rings. The minimum Gasteiger partial charge on any atom is -0.441 e. The highest BCUT2D eigenvalue weighted by Gasteiger charge is 2.35. The average Bonchev–Trinajstić information content (AvgIpc) is 3.36. The van der Waals surface area contributed by atoms with Crippen LogP contribution >= 0.6 is 0 Å². The molecule has 1 amide bonds. The summed E-state index contributed by atoms with van der Waals surface area (Å²) in [5.74, 6) is 0. The summed E-state index contributed by atoms with van der Waals surface area (Å²) in [5, 5.41) is 4.56. The molecule has 9 heteroatoms. The van der Waals surface area contributed by atoms with Crippen LogP contribution in [-0.4, -0.2) is 85.9 Å². The normalized spacial score (nSPS) is 20.1. The molecule has 0 aliphatic carbocycles. The molecule has 3 aliphatic heterocycles. The van der Waals surface area contributed by atoms with Crippen molar-refractivity contribution in [3.05, 3.63) is 54.4 Å². The summed E-state index contributed by atoms with van der Waals surface area (Å²) in [7, 11) is 0. The second kappa shape index (κ2) is 10.3. The molecule has 3 aliphatic rings. The molecule has 0 atom stereocenters. The third-order valence-electron chi connectivity index (χ3n) is 7.71. The Morgan fingerprint density at radius 3 is 2.46 bits per heavy atom. The summed E-state index contributed by atoms with van der Waals surface area (Å²) in [6.07, 6.45) is 5.33. The van der Waals surface area contributed by atoms with Crippen molar-refractivity contribution in [3.63, 3.8) is 0 Å². The van der Waals surface area contributed by atoms with Crippen LogP contribution in [0.15, 0.2) is 48.8 Å². The van der Waals surface area contributed by atoms with Gasteiger partial charge in [-0.05, 0) is 30.2 Å². The van der Waals surface area contributed by atoms with Gasteiger partial charge in [0.25, 0.3) is 0 Å². The van der Waals surface area contributed by atoms with E-state index in [4.69, 9.17) is 18.9 Å². The van der Waals surface area contributed by atoms with E-state index in [1.165, 1.54) is 5.56 Å². The molecule has 196 valence electrons. The molecule has 0 saturated carbocycles. The Bertz CT molecular complexity index is 1220. The molecule has 3 fully saturated rings. The number of nitrogens with zero attached hydrogens (tertiary/aromatic N) is 4. The molecule has 6 rings (SSSR count). The third kappa shape index (κ3) is 4.79. The predicted molar refractivity (Wildman–Crippen MR) is 139 cm³/mol. The number of amides is 1. The molecule has 1 aromatic carbocycles. The Hall–Kier alpha value is -3.14. The molecular formula is C28H34N4O5. The van der Waals surface area contributed by atoms with Crippen molar-refractivity contribution >= 4 is 17.3 Å². The number of rotatable bonds is 6. The number of hydrogen-bond donors (Lipinski definition) is 0. The fraction of sp³-hybridized carbons (Fsp3) is 0.500. The van der Waals surface area contributed by atoms with E-state index < -0.39 is 0 Å². The van der Waals surface area contributed by atoms with Crippen LogP contribution in [0, 0.1) is 0 Å². The molecule has 9 nitrogen and oxygen atoms in total. The van der Waals surface area contributed by atoms with Gasteiger partial charge in [0, 0.05) is 76.8 Å². The maximum Gasteiger partial charge on any atom is 0.410 e. The van der Waals surface area contributed by atoms with Gasteiger partial charge in [-0.15, -0.1) is 0 Å². The van der Waals surface area contributed by atoms with E-state index in [9.17, 15) is 4.79 Å². The Morgan fingerprint density at radius 2 is 1.78 bits per heavy atom. The van der Waals surface area contributed by atoms with Crippen LogP contribution in [0.25, 0.3) is 16.6 Å². The van der Waals surface area contributed by atoms with Gasteiger partial charge in [0.05, 0.1) is 30.0 Å². The van der Waals surface area contributed by atoms with Crippen LogP contribution in [0.1, 0.15) is 25.3 Å². The van der Waals surface area contributed by atoms with Gasteiger partial charge in [0.2, 0.25) is 0 Å². The van der Waals surface area contributed by atoms with E-state index in [0.717, 1.165) is 61.5 Å². The van der Waals surface area contributed by atoms with Crippen LogP contribution in [0.4, 0.5) is 10.5 Å². The van der Waals surface area contributed by atoms with Gasteiger partial charge in [-0.25, -0.2) is 9.31 Å². The molecule has 5 heterocycles. The Balaban J connectivity index is 1.18. The van der Waals surface area contributed by atoms with E-state index in [0.29, 0.717) is 32.9 Å². The summed E-state index contributed by atoms with van der Waals surface area (Å²) < 4.78 is 24.4. The maximum absolute atomic E-state index is 12.4. The van der Waals surface area contributed by atoms with Crippen LogP contribution in [0.2, 0.25) is 0 Å². The summed E-state index contributed by atoms with van der Waals surface area (Å²) in [6.45, 7) is 7.95. The van der Waals surface area contributed by atoms with E-state index in [-0.39, 0.29) is 17.8 Å². The Morgan fingerprint density at radius 1 is 1.03 bits per heavy atom. The summed E-state index contributed by atoms with van der Waals surface area (Å²) in [5.41, 5.74) is 5.40. The zero-order valence-electron chi connectivity index (χ0n) is 21.3. The summed E-state index contributed by atoms with van der Waals surface area (Å²) in [6, 6.07) is 13.0. The number of carbonyl (C=O) groups excluding carboxylic acids is 1. The Labute approximate surface area is 216 Å². The predicted octanol–water partition coefficient (Wildman–Crippen LogP) is 3.70. The van der Waals surface area contributed by atoms with Crippen molar-refractivity contribution in [1.82, 2.24) is 14.5 Å². The van der Waals surface area contributed by atoms with Gasteiger partial charge in [0.1, 0.15) is 0 Å². The lowest BCUT2D eigenvalue weighted by molar-refractivity contribution is -0.112. The topological polar surface area (TPSA) is 77.8 Å². The molecular weight excluding hydrogens is 472 g/mol. The second-order valence-corrected chi connectivity index (χ2v) is 9.91. The van der Waals surface area contributed by atoms with Crippen LogP contribution in [0.5, 0.6) is 0 Å². The lowest BCUT2D eigenvalue weighted by atomic mass is 9.85. The van der Waals surface area contributed by atoms with Gasteiger partial charge in [-0.2, -0.15) is 5.10 Å². The third-order valence-corrected chi connectivity index (χ3v) is 7.71. The molecule has 0 radical (unpaired) electrons. The quantitative estimate of drug-likeness (QED) is 0.505. The van der Waals surface area contributed by atoms with E-state index in [1.54, 1.807) is 4.90 Å². The van der Waals surface area contributed by atoms with Crippen LogP contribution < -0.4 is 4.90 Å². The fourth-order valence-corrected chi connectivity index (χ4v) is 5.51. The van der Waals surface area contributed by atoms with E-state index in [1.807, 2.05) is 10.7 Å². The number of piperazine rings is 1. The van der Waals surface area contributed by atoms with Crippen molar-refractivity contribution in [3.8, 4) is 11.1 Å². The molecule has 2 aromatic heterocycles. The maximum atomic E-state index is 12.4. The second-order valence-electron chi connectivity index (χ2n) is 9.91. The minimum absolute atomic E-state index is 0.0973. The number of fused-ring (bicyclic) bond motifs is 1. The molecule has 0 unspecified atom stereocenters. The van der Waals surface area contributed by atoms with Crippen LogP contribution in [0.3, 0.4) is 0 Å². The SMILES string of the molecule is CCOC1(c2ccc(-c3cc4c(N5CCN(C(=O)OC6COC6)CC5)ccnn4c3)cc2)CCOCC1. The lowest BCUT2D eigenvalue weighted by Crippen LogP contribution is -2.51. The zero-order chi connectivity index (χ0) is 25.2. The first-order valence-corrected chi connectivity index (χ1v) is 13.2. The molecule has 37 heavy (non-hydrogen) atoms. The lowest BCUT2D eigenvalue weighted by Gasteiger charge is -2.37. The van der Waals surface area contributed by atoms with Crippen molar-refractivity contribution < 1.29 is 23.7 Å². The minimum atomic E-state index is -0.258. The standard InChI is InChI=1S/C28H34N4O5/c1-2-36-28(8-15-34-16-9-28)23-5-3-21(4-6-23)22-17-26-25(7-10-29-32(26)18-22)30-11-13-31(14-12-30)27(33)37-24-19-35-20-24/h3-7,10,17-18,24H,2,8-9,11-16,19-20H2,1H3. The van der Waals surface area contributed by atoms with Crippen molar-refractivity contribution in [2.75, 3.05) is 64.1 Å². The fourth-order valence-electron chi connectivity index (χ4n) is 5.51. The smallest absolute Gasteiger partial charge is 0.410 e. The van der Waals surface area contributed by atoms with Crippen molar-refractivity contribution in [2.24, 2.45) is 0 Å². The zero-order valence-corrected chi connectivity index (χ0v) is 21.3. The number of benzene rings is 1. The molecule has 0 bridgehead atoms. The first kappa shape index (κ1) is 24.2. The van der Waals surface area contributed by atoms with E-state index in [2.05, 4.69) is 59.5 Å². The number of aromatic nitrogens is 2. The van der Waals surface area contributed by atoms with Gasteiger partial charge < -0.3 is 28.7 Å². The first-order chi connectivity index (χ1) is 18.1. The molecule has 0 N–H and O–H groups in total. The largest absolute Gasteiger partial charge is 0.441 e. The monoisotopic (exact) mass is 506 g/mol. The van der Waals surface area contributed by atoms with E-state index >= 15 is 0 Å². The average molecular weight is 507 g/mol.